The molecule has 0 aliphatic carbocycles. The molecule has 0 bridgehead atoms. The maximum absolute atomic E-state index is 13.3. The fourth-order valence-electron chi connectivity index (χ4n) is 11.6. The van der Waals surface area contributed by atoms with E-state index in [0.29, 0.717) is 6.42 Å². The number of allylic oxidation sites excluding steroid dienone is 3. The SMILES string of the molecule is CCCCCCCC/C=C\CCCCCCCC(=O)NC(COC1OC(CO)C(OC2OC(CO)C(O)C(O)C2O)C(O)C1O)C(O)/C=C/CCCCCCCCCCCCCCCCCCCCCCCCCCCCCCCCC. The van der Waals surface area contributed by atoms with Crippen molar-refractivity contribution in [3.63, 3.8) is 0 Å². The molecule has 9 N–H and O–H groups in total. The Labute approximate surface area is 500 Å². The van der Waals surface area contributed by atoms with Crippen LogP contribution in [0.25, 0.3) is 0 Å². The van der Waals surface area contributed by atoms with Gasteiger partial charge >= 0.3 is 0 Å². The fraction of sp³-hybridized carbons (Fsp3) is 0.926. The summed E-state index contributed by atoms with van der Waals surface area (Å²) in [6.45, 7) is 2.82. The van der Waals surface area contributed by atoms with Gasteiger partial charge in [0.15, 0.2) is 12.6 Å². The Hall–Kier alpha value is -1.53. The molecule has 12 atom stereocenters. The molecule has 2 rings (SSSR count). The number of carbonyl (C=O) groups excluding carboxylic acids is 1. The normalized spacial score (nSPS) is 24.0. The smallest absolute Gasteiger partial charge is 0.220 e. The number of hydrogen-bond donors (Lipinski definition) is 9. The lowest BCUT2D eigenvalue weighted by molar-refractivity contribution is -0.359. The largest absolute Gasteiger partial charge is 0.394 e. The van der Waals surface area contributed by atoms with Gasteiger partial charge in [0.2, 0.25) is 5.91 Å². The monoisotopic (exact) mass is 1170 g/mol. The van der Waals surface area contributed by atoms with Crippen molar-refractivity contribution in [2.45, 2.75) is 383 Å². The van der Waals surface area contributed by atoms with Crippen molar-refractivity contribution in [2.24, 2.45) is 0 Å². The standard InChI is InChI=1S/C68H129NO13/c1-3-5-7-9-11-13-15-17-19-20-21-22-23-24-25-26-27-28-29-30-31-32-33-34-35-36-38-39-41-43-45-47-49-51-57(72)56(69-60(73)52-50-48-46-44-42-40-37-18-16-14-12-10-8-6-4-2)55-79-67-65(78)63(76)66(59(54-71)81-67)82-68-64(77)62(75)61(74)58(53-70)80-68/h18,37,49,51,56-59,61-68,70-72,74-78H,3-17,19-36,38-48,50,52-55H2,1-2H3,(H,69,73)/b37-18-,51-49+. The lowest BCUT2D eigenvalue weighted by atomic mass is 9.97. The van der Waals surface area contributed by atoms with Gasteiger partial charge in [0.05, 0.1) is 32.0 Å². The molecule has 14 heteroatoms. The molecule has 2 fully saturated rings. The van der Waals surface area contributed by atoms with Gasteiger partial charge < -0.3 is 65.1 Å². The lowest BCUT2D eigenvalue weighted by Crippen LogP contribution is -2.65. The molecule has 0 spiro atoms. The summed E-state index contributed by atoms with van der Waals surface area (Å²) >= 11 is 0. The molecule has 12 unspecified atom stereocenters. The van der Waals surface area contributed by atoms with Crippen molar-refractivity contribution in [1.29, 1.82) is 0 Å². The van der Waals surface area contributed by atoms with Crippen molar-refractivity contribution in [3.05, 3.63) is 24.3 Å². The van der Waals surface area contributed by atoms with Crippen LogP contribution in [0.1, 0.15) is 309 Å². The van der Waals surface area contributed by atoms with Crippen LogP contribution >= 0.6 is 0 Å². The predicted molar refractivity (Wildman–Crippen MR) is 332 cm³/mol. The zero-order valence-corrected chi connectivity index (χ0v) is 52.5. The van der Waals surface area contributed by atoms with E-state index < -0.39 is 86.8 Å². The molecule has 1 amide bonds. The van der Waals surface area contributed by atoms with Gasteiger partial charge in [-0.25, -0.2) is 0 Å². The summed E-state index contributed by atoms with van der Waals surface area (Å²) in [5.41, 5.74) is 0. The maximum Gasteiger partial charge on any atom is 0.220 e. The van der Waals surface area contributed by atoms with Crippen molar-refractivity contribution >= 4 is 5.91 Å². The van der Waals surface area contributed by atoms with Gasteiger partial charge in [-0.1, -0.05) is 282 Å². The molecule has 2 heterocycles. The van der Waals surface area contributed by atoms with Gasteiger partial charge in [-0.2, -0.15) is 0 Å². The molecular formula is C68H129NO13. The number of aliphatic hydroxyl groups is 8. The maximum atomic E-state index is 13.3. The number of rotatable bonds is 57. The molecule has 484 valence electrons. The van der Waals surface area contributed by atoms with Crippen LogP contribution in [0.15, 0.2) is 24.3 Å². The second kappa shape index (κ2) is 53.7. The van der Waals surface area contributed by atoms with Crippen LogP contribution in [0.2, 0.25) is 0 Å². The van der Waals surface area contributed by atoms with Crippen molar-refractivity contribution < 1.29 is 64.6 Å². The van der Waals surface area contributed by atoms with E-state index in [1.807, 2.05) is 6.08 Å². The fourth-order valence-corrected chi connectivity index (χ4v) is 11.6. The van der Waals surface area contributed by atoms with Crippen LogP contribution in [0.4, 0.5) is 0 Å². The molecule has 0 saturated carbocycles. The third-order valence-electron chi connectivity index (χ3n) is 17.1. The molecule has 0 radical (unpaired) electrons. The third kappa shape index (κ3) is 37.9. The number of amides is 1. The summed E-state index contributed by atoms with van der Waals surface area (Å²) in [7, 11) is 0. The number of unbranched alkanes of at least 4 members (excludes halogenated alkanes) is 42. The number of ether oxygens (including phenoxy) is 4. The summed E-state index contributed by atoms with van der Waals surface area (Å²) in [6.07, 6.45) is 49.7. The first-order chi connectivity index (χ1) is 40.1. The highest BCUT2D eigenvalue weighted by atomic mass is 16.7. The molecule has 14 nitrogen and oxygen atoms in total. The van der Waals surface area contributed by atoms with E-state index in [-0.39, 0.29) is 18.9 Å². The average molecular weight is 1170 g/mol. The Balaban J connectivity index is 1.64. The minimum Gasteiger partial charge on any atom is -0.394 e. The second-order valence-corrected chi connectivity index (χ2v) is 24.7. The van der Waals surface area contributed by atoms with E-state index >= 15 is 0 Å². The van der Waals surface area contributed by atoms with E-state index in [1.54, 1.807) is 6.08 Å². The Kier molecular flexibility index (Phi) is 50.1. The summed E-state index contributed by atoms with van der Waals surface area (Å²) in [5.74, 6) is -0.244. The first-order valence-electron chi connectivity index (χ1n) is 34.6. The molecular weight excluding hydrogens is 1040 g/mol. The topological polar surface area (TPSA) is 228 Å². The van der Waals surface area contributed by atoms with Crippen LogP contribution in [0.5, 0.6) is 0 Å². The highest BCUT2D eigenvalue weighted by Gasteiger charge is 2.51. The molecule has 0 aromatic heterocycles. The Bertz CT molecular complexity index is 1470. The zero-order chi connectivity index (χ0) is 59.5. The zero-order valence-electron chi connectivity index (χ0n) is 52.5. The Morgan fingerprint density at radius 3 is 1.16 bits per heavy atom. The highest BCUT2D eigenvalue weighted by molar-refractivity contribution is 5.76. The molecule has 82 heavy (non-hydrogen) atoms. The lowest BCUT2D eigenvalue weighted by Gasteiger charge is -2.46. The summed E-state index contributed by atoms with van der Waals surface area (Å²) in [4.78, 5) is 13.3. The average Bonchev–Trinajstić information content (AvgIpc) is 3.53. The minimum atomic E-state index is -1.79. The van der Waals surface area contributed by atoms with E-state index in [0.717, 1.165) is 57.8 Å². The van der Waals surface area contributed by atoms with Crippen LogP contribution in [-0.4, -0.2) is 140 Å². The molecule has 2 aliphatic rings. The number of carbonyl (C=O) groups is 1. The predicted octanol–water partition coefficient (Wildman–Crippen LogP) is 13.6. The molecule has 2 aliphatic heterocycles. The minimum absolute atomic E-state index is 0.244. The van der Waals surface area contributed by atoms with E-state index in [9.17, 15) is 45.6 Å². The summed E-state index contributed by atoms with van der Waals surface area (Å²) in [6, 6.07) is -0.918. The quantitative estimate of drug-likeness (QED) is 0.0204. The number of aliphatic hydroxyl groups excluding tert-OH is 8. The second-order valence-electron chi connectivity index (χ2n) is 24.7. The van der Waals surface area contributed by atoms with Crippen LogP contribution in [-0.2, 0) is 23.7 Å². The summed E-state index contributed by atoms with van der Waals surface area (Å²) in [5, 5.41) is 87.3. The van der Waals surface area contributed by atoms with Gasteiger partial charge in [-0.15, -0.1) is 0 Å². The van der Waals surface area contributed by atoms with Gasteiger partial charge in [-0.05, 0) is 44.9 Å². The van der Waals surface area contributed by atoms with Crippen molar-refractivity contribution in [3.8, 4) is 0 Å². The third-order valence-corrected chi connectivity index (χ3v) is 17.1. The molecule has 0 aromatic rings. The van der Waals surface area contributed by atoms with Gasteiger partial charge in [-0.3, -0.25) is 4.79 Å². The van der Waals surface area contributed by atoms with Gasteiger partial charge in [0.1, 0.15) is 48.8 Å². The van der Waals surface area contributed by atoms with Gasteiger partial charge in [0, 0.05) is 6.42 Å². The van der Waals surface area contributed by atoms with E-state index in [4.69, 9.17) is 18.9 Å². The van der Waals surface area contributed by atoms with Crippen LogP contribution in [0.3, 0.4) is 0 Å². The highest BCUT2D eigenvalue weighted by Crippen LogP contribution is 2.30. The number of hydrogen-bond acceptors (Lipinski definition) is 13. The number of nitrogens with one attached hydrogen (secondary N) is 1. The Morgan fingerprint density at radius 2 is 0.768 bits per heavy atom. The van der Waals surface area contributed by atoms with Crippen LogP contribution in [0, 0.1) is 0 Å². The first-order valence-corrected chi connectivity index (χ1v) is 34.6. The Morgan fingerprint density at radius 1 is 0.427 bits per heavy atom. The first kappa shape index (κ1) is 76.6. The van der Waals surface area contributed by atoms with E-state index in [1.165, 1.54) is 225 Å². The molecule has 2 saturated heterocycles. The molecule has 0 aromatic carbocycles. The van der Waals surface area contributed by atoms with Gasteiger partial charge in [0.25, 0.3) is 0 Å². The van der Waals surface area contributed by atoms with E-state index in [2.05, 4.69) is 31.3 Å². The summed E-state index contributed by atoms with van der Waals surface area (Å²) < 4.78 is 22.8. The van der Waals surface area contributed by atoms with Crippen molar-refractivity contribution in [1.82, 2.24) is 5.32 Å². The van der Waals surface area contributed by atoms with Crippen LogP contribution < -0.4 is 5.32 Å². The van der Waals surface area contributed by atoms with Crippen molar-refractivity contribution in [2.75, 3.05) is 19.8 Å².